The molecule has 0 aliphatic rings. The maximum atomic E-state index is 11.9. The van der Waals surface area contributed by atoms with E-state index in [2.05, 4.69) is 36.2 Å². The molecule has 9 atom stereocenters. The number of rotatable bonds is 28. The molecule has 0 saturated carbocycles. The van der Waals surface area contributed by atoms with Gasteiger partial charge in [-0.3, -0.25) is 40.8 Å². The van der Waals surface area contributed by atoms with E-state index in [1.807, 2.05) is 0 Å². The van der Waals surface area contributed by atoms with Crippen LogP contribution in [0.3, 0.4) is 0 Å². The van der Waals surface area contributed by atoms with E-state index in [-0.39, 0.29) is 0 Å². The highest BCUT2D eigenvalue weighted by atomic mass is 31.2. The van der Waals surface area contributed by atoms with Gasteiger partial charge >= 0.3 is 38.9 Å². The first-order valence-electron chi connectivity index (χ1n) is 12.4. The van der Waals surface area contributed by atoms with Crippen LogP contribution in [0, 0.1) is 0 Å². The van der Waals surface area contributed by atoms with Gasteiger partial charge in [0.1, 0.15) is 24.4 Å². The topological polar surface area (TPSA) is 402 Å². The predicted molar refractivity (Wildman–Crippen MR) is 146 cm³/mol. The van der Waals surface area contributed by atoms with Crippen LogP contribution in [-0.2, 0) is 59.0 Å². The molecule has 0 aromatic heterocycles. The van der Waals surface area contributed by atoms with Gasteiger partial charge in [0.15, 0.2) is 0 Å². The van der Waals surface area contributed by atoms with Crippen molar-refractivity contribution < 1.29 is 119 Å². The molecule has 0 aliphatic heterocycles. The van der Waals surface area contributed by atoms with Crippen LogP contribution in [0.5, 0.6) is 0 Å². The lowest BCUT2D eigenvalue weighted by atomic mass is 10.3. The molecule has 9 unspecified atom stereocenters. The van der Waals surface area contributed by atoms with Crippen LogP contribution in [-0.4, -0.2) is 156 Å². The van der Waals surface area contributed by atoms with Crippen molar-refractivity contribution in [2.45, 2.75) is 36.9 Å². The maximum Gasteiger partial charge on any atom is 0.472 e. The molecule has 30 heteroatoms. The summed E-state index contributed by atoms with van der Waals surface area (Å²) >= 11 is 0. The van der Waals surface area contributed by atoms with E-state index in [0.29, 0.717) is 0 Å². The number of aliphatic hydroxyl groups excluding tert-OH is 6. The third-order valence-corrected chi connectivity index (χ3v) is 9.05. The Morgan fingerprint density at radius 2 is 0.609 bits per heavy atom. The van der Waals surface area contributed by atoms with E-state index < -0.39 is 141 Å². The quantitative estimate of drug-likeness (QED) is 0.0349. The molecule has 0 aromatic carbocycles. The van der Waals surface area contributed by atoms with E-state index in [1.165, 1.54) is 0 Å². The summed E-state index contributed by atoms with van der Waals surface area (Å²) in [5.41, 5.74) is 0. The smallest absolute Gasteiger partial charge is 0.394 e. The Labute approximate surface area is 260 Å². The molecule has 0 bridgehead atoms. The summed E-state index contributed by atoms with van der Waals surface area (Å²) in [5, 5.41) is 56.3. The summed E-state index contributed by atoms with van der Waals surface area (Å²) in [4.78, 5) is 55.5. The van der Waals surface area contributed by atoms with E-state index in [9.17, 15) is 62.8 Å². The zero-order valence-electron chi connectivity index (χ0n) is 23.6. The highest BCUT2D eigenvalue weighted by molar-refractivity contribution is 7.51. The average molecular weight is 786 g/mol. The van der Waals surface area contributed by atoms with E-state index in [1.54, 1.807) is 0 Å². The molecule has 25 nitrogen and oxygen atoms in total. The predicted octanol–water partition coefficient (Wildman–Crippen LogP) is -3.11. The Bertz CT molecular complexity index is 1100. The second-order valence-electron chi connectivity index (χ2n) is 8.87. The Balaban J connectivity index is 4.37. The fourth-order valence-electron chi connectivity index (χ4n) is 2.19. The number of phosphoric acid groups is 4. The van der Waals surface area contributed by atoms with Crippen molar-refractivity contribution in [1.82, 2.24) is 0 Å². The zero-order valence-corrected chi connectivity index (χ0v) is 28.0. The number of phosphoric ester groups is 4. The SMILES string of the molecule is O=P(O)(O)CCC(O)COP(=O)(O)OCC(O)COP(=O)(O)OCC(O)COP(=O)(O)OCC(O)COP(=O)(O)OCC(O)CO. The summed E-state index contributed by atoms with van der Waals surface area (Å²) in [6, 6.07) is 0. The van der Waals surface area contributed by atoms with Gasteiger partial charge in [0, 0.05) is 0 Å². The first-order chi connectivity index (χ1) is 20.9. The molecule has 0 fully saturated rings. The molecule has 0 rings (SSSR count). The maximum absolute atomic E-state index is 11.9. The molecule has 0 amide bonds. The summed E-state index contributed by atoms with van der Waals surface area (Å²) in [5.74, 6) is 0. The van der Waals surface area contributed by atoms with Gasteiger partial charge in [-0.25, -0.2) is 18.3 Å². The van der Waals surface area contributed by atoms with Gasteiger partial charge in [-0.05, 0) is 6.42 Å². The van der Waals surface area contributed by atoms with Crippen molar-refractivity contribution in [3.05, 3.63) is 0 Å². The lowest BCUT2D eigenvalue weighted by Gasteiger charge is -2.20. The molecule has 12 N–H and O–H groups in total. The van der Waals surface area contributed by atoms with Gasteiger partial charge < -0.3 is 60.0 Å². The molecule has 46 heavy (non-hydrogen) atoms. The molecule has 0 heterocycles. The first-order valence-corrected chi connectivity index (χ1v) is 20.2. The summed E-state index contributed by atoms with van der Waals surface area (Å²) in [7, 11) is -24.1. The molecular formula is C16H39O25P5. The van der Waals surface area contributed by atoms with E-state index >= 15 is 0 Å². The van der Waals surface area contributed by atoms with Crippen molar-refractivity contribution in [3.8, 4) is 0 Å². The minimum absolute atomic E-state index is 0.475. The minimum Gasteiger partial charge on any atom is -0.394 e. The van der Waals surface area contributed by atoms with E-state index in [0.717, 1.165) is 0 Å². The molecule has 0 radical (unpaired) electrons. The normalized spacial score (nSPS) is 21.2. The number of aliphatic hydroxyl groups is 6. The second kappa shape index (κ2) is 21.5. The van der Waals surface area contributed by atoms with Crippen LogP contribution in [0.1, 0.15) is 6.42 Å². The lowest BCUT2D eigenvalue weighted by molar-refractivity contribution is 0.00203. The zero-order chi connectivity index (χ0) is 35.8. The highest BCUT2D eigenvalue weighted by Gasteiger charge is 2.30. The van der Waals surface area contributed by atoms with Crippen LogP contribution in [0.2, 0.25) is 0 Å². The Morgan fingerprint density at radius 3 is 0.826 bits per heavy atom. The van der Waals surface area contributed by atoms with Crippen molar-refractivity contribution in [3.63, 3.8) is 0 Å². The highest BCUT2D eigenvalue weighted by Crippen LogP contribution is 2.47. The molecular weight excluding hydrogens is 747 g/mol. The standard InChI is InChI=1S/C16H39O25P5/c17-3-13(19)5-35-44(28,29)37-7-15(21)9-39-46(32,33)41-11-16(22)10-40-45(30,31)38-8-14(20)6-36-43(26,27)34-4-12(18)1-2-42(23,24)25/h12-22H,1-11H2,(H,26,27)(H,28,29)(H,30,31)(H,32,33)(H2,23,24,25). The fraction of sp³-hybridized carbons (Fsp3) is 1.00. The lowest BCUT2D eigenvalue weighted by Crippen LogP contribution is -2.24. The Morgan fingerprint density at radius 1 is 0.391 bits per heavy atom. The van der Waals surface area contributed by atoms with Crippen LogP contribution >= 0.6 is 38.9 Å². The van der Waals surface area contributed by atoms with Crippen LogP contribution in [0.25, 0.3) is 0 Å². The minimum atomic E-state index is -5.02. The molecule has 0 saturated heterocycles. The number of hydrogen-bond acceptors (Lipinski definition) is 19. The van der Waals surface area contributed by atoms with Gasteiger partial charge in [0.2, 0.25) is 0 Å². The van der Waals surface area contributed by atoms with Gasteiger partial charge in [-0.1, -0.05) is 0 Å². The molecule has 0 aromatic rings. The third kappa shape index (κ3) is 26.2. The van der Waals surface area contributed by atoms with Crippen molar-refractivity contribution >= 4 is 38.9 Å². The molecule has 0 aliphatic carbocycles. The molecule has 278 valence electrons. The van der Waals surface area contributed by atoms with Crippen molar-refractivity contribution in [2.75, 3.05) is 65.6 Å². The third-order valence-electron chi connectivity index (χ3n) is 4.40. The Hall–Kier alpha value is 0.350. The summed E-state index contributed by atoms with van der Waals surface area (Å²) in [6.07, 6.45) is -9.73. The van der Waals surface area contributed by atoms with Crippen LogP contribution in [0.4, 0.5) is 0 Å². The summed E-state index contributed by atoms with van der Waals surface area (Å²) < 4.78 is 92.9. The fourth-order valence-corrected chi connectivity index (χ4v) is 6.00. The second-order valence-corrected chi connectivity index (χ2v) is 16.5. The Kier molecular flexibility index (Phi) is 21.7. The summed E-state index contributed by atoms with van der Waals surface area (Å²) in [6.45, 7) is -8.58. The first kappa shape index (κ1) is 46.4. The monoisotopic (exact) mass is 786 g/mol. The van der Waals surface area contributed by atoms with Crippen LogP contribution < -0.4 is 0 Å². The van der Waals surface area contributed by atoms with Gasteiger partial charge in [0.25, 0.3) is 0 Å². The van der Waals surface area contributed by atoms with Gasteiger partial charge in [-0.15, -0.1) is 0 Å². The van der Waals surface area contributed by atoms with Crippen molar-refractivity contribution in [1.29, 1.82) is 0 Å². The van der Waals surface area contributed by atoms with Gasteiger partial charge in [0.05, 0.1) is 71.7 Å². The van der Waals surface area contributed by atoms with Crippen molar-refractivity contribution in [2.24, 2.45) is 0 Å². The van der Waals surface area contributed by atoms with Gasteiger partial charge in [-0.2, -0.15) is 0 Å². The van der Waals surface area contributed by atoms with E-state index in [4.69, 9.17) is 20.0 Å². The average Bonchev–Trinajstić information content (AvgIpc) is 2.95. The largest absolute Gasteiger partial charge is 0.472 e. The molecule has 0 spiro atoms. The number of hydrogen-bond donors (Lipinski definition) is 12. The van der Waals surface area contributed by atoms with Crippen LogP contribution in [0.15, 0.2) is 0 Å².